The zero-order valence-electron chi connectivity index (χ0n) is 10.5. The van der Waals surface area contributed by atoms with Gasteiger partial charge in [0.2, 0.25) is 5.91 Å². The lowest BCUT2D eigenvalue weighted by Crippen LogP contribution is -2.46. The number of hydrogen-bond donors (Lipinski definition) is 2. The average molecular weight is 299 g/mol. The summed E-state index contributed by atoms with van der Waals surface area (Å²) in [5, 5.41) is 2.91. The van der Waals surface area contributed by atoms with Gasteiger partial charge in [0.15, 0.2) is 0 Å². The first-order chi connectivity index (χ1) is 7.87. The first kappa shape index (κ1) is 14.2. The molecule has 0 saturated carbocycles. The quantitative estimate of drug-likeness (QED) is 0.895. The molecule has 0 aromatic heterocycles. The van der Waals surface area contributed by atoms with E-state index in [-0.39, 0.29) is 11.9 Å². The van der Waals surface area contributed by atoms with Crippen LogP contribution in [0.3, 0.4) is 0 Å². The minimum atomic E-state index is -0.562. The van der Waals surface area contributed by atoms with Crippen LogP contribution in [-0.4, -0.2) is 18.5 Å². The van der Waals surface area contributed by atoms with E-state index in [4.69, 9.17) is 5.73 Å². The molecule has 0 aliphatic rings. The lowest BCUT2D eigenvalue weighted by molar-refractivity contribution is -0.126. The molecule has 3 nitrogen and oxygen atoms in total. The molecule has 0 aliphatic carbocycles. The second-order valence-electron chi connectivity index (χ2n) is 4.75. The Labute approximate surface area is 111 Å². The van der Waals surface area contributed by atoms with Crippen molar-refractivity contribution in [2.75, 3.05) is 6.54 Å². The summed E-state index contributed by atoms with van der Waals surface area (Å²) >= 11 is 3.42. The van der Waals surface area contributed by atoms with Crippen molar-refractivity contribution in [1.82, 2.24) is 5.32 Å². The third-order valence-electron chi connectivity index (χ3n) is 2.85. The summed E-state index contributed by atoms with van der Waals surface area (Å²) in [6.07, 6.45) is 0. The molecule has 1 aromatic rings. The van der Waals surface area contributed by atoms with Gasteiger partial charge in [0.25, 0.3) is 0 Å². The van der Waals surface area contributed by atoms with Crippen LogP contribution in [0.2, 0.25) is 0 Å². The van der Waals surface area contributed by atoms with Gasteiger partial charge in [0, 0.05) is 17.1 Å². The lowest BCUT2D eigenvalue weighted by Gasteiger charge is -2.26. The van der Waals surface area contributed by atoms with Crippen molar-refractivity contribution in [3.05, 3.63) is 34.3 Å². The van der Waals surface area contributed by atoms with Crippen LogP contribution in [0.5, 0.6) is 0 Å². The topological polar surface area (TPSA) is 55.1 Å². The standard InChI is InChI=1S/C13H19BrN2O/c1-9(8-15)16-12(17)13(2,3)10-5-4-6-11(14)7-10/h4-7,9H,8,15H2,1-3H3,(H,16,17)/t9-/m0/s1. The summed E-state index contributed by atoms with van der Waals surface area (Å²) in [5.74, 6) is -0.00597. The Morgan fingerprint density at radius 2 is 2.18 bits per heavy atom. The van der Waals surface area contributed by atoms with E-state index < -0.39 is 5.41 Å². The average Bonchev–Trinajstić information content (AvgIpc) is 2.28. The number of nitrogens with one attached hydrogen (secondary N) is 1. The first-order valence-electron chi connectivity index (χ1n) is 5.65. The summed E-state index contributed by atoms with van der Waals surface area (Å²) in [7, 11) is 0. The number of nitrogens with two attached hydrogens (primary N) is 1. The Morgan fingerprint density at radius 3 is 2.71 bits per heavy atom. The van der Waals surface area contributed by atoms with Gasteiger partial charge in [0.05, 0.1) is 5.41 Å². The van der Waals surface area contributed by atoms with Crippen LogP contribution < -0.4 is 11.1 Å². The Bertz CT molecular complexity index is 404. The normalized spacial score (nSPS) is 13.2. The summed E-state index contributed by atoms with van der Waals surface area (Å²) < 4.78 is 0.975. The Morgan fingerprint density at radius 1 is 1.53 bits per heavy atom. The maximum atomic E-state index is 12.2. The maximum absolute atomic E-state index is 12.2. The number of hydrogen-bond acceptors (Lipinski definition) is 2. The first-order valence-corrected chi connectivity index (χ1v) is 6.44. The molecule has 0 unspecified atom stereocenters. The zero-order valence-corrected chi connectivity index (χ0v) is 12.0. The van der Waals surface area contributed by atoms with Gasteiger partial charge in [0.1, 0.15) is 0 Å². The molecule has 0 aliphatic heterocycles. The number of carbonyl (C=O) groups is 1. The van der Waals surface area contributed by atoms with E-state index in [0.717, 1.165) is 10.0 Å². The third-order valence-corrected chi connectivity index (χ3v) is 3.34. The fraction of sp³-hybridized carbons (Fsp3) is 0.462. The van der Waals surface area contributed by atoms with Crippen molar-refractivity contribution in [2.24, 2.45) is 5.73 Å². The summed E-state index contributed by atoms with van der Waals surface area (Å²) in [5.41, 5.74) is 5.92. The molecule has 1 aromatic carbocycles. The molecule has 0 fully saturated rings. The van der Waals surface area contributed by atoms with Crippen LogP contribution in [0.1, 0.15) is 26.3 Å². The largest absolute Gasteiger partial charge is 0.352 e. The van der Waals surface area contributed by atoms with Crippen molar-refractivity contribution in [3.8, 4) is 0 Å². The molecule has 0 saturated heterocycles. The van der Waals surface area contributed by atoms with Crippen LogP contribution in [0.4, 0.5) is 0 Å². The molecule has 17 heavy (non-hydrogen) atoms. The predicted octanol–water partition coefficient (Wildman–Crippen LogP) is 2.19. The van der Waals surface area contributed by atoms with Gasteiger partial charge in [-0.05, 0) is 38.5 Å². The molecule has 4 heteroatoms. The van der Waals surface area contributed by atoms with E-state index in [9.17, 15) is 4.79 Å². The van der Waals surface area contributed by atoms with E-state index >= 15 is 0 Å². The van der Waals surface area contributed by atoms with Gasteiger partial charge in [-0.1, -0.05) is 28.1 Å². The van der Waals surface area contributed by atoms with Crippen molar-refractivity contribution in [2.45, 2.75) is 32.2 Å². The van der Waals surface area contributed by atoms with Gasteiger partial charge in [-0.3, -0.25) is 4.79 Å². The van der Waals surface area contributed by atoms with Crippen molar-refractivity contribution < 1.29 is 4.79 Å². The predicted molar refractivity (Wildman–Crippen MR) is 73.8 cm³/mol. The lowest BCUT2D eigenvalue weighted by atomic mass is 9.83. The number of rotatable bonds is 4. The van der Waals surface area contributed by atoms with Gasteiger partial charge >= 0.3 is 0 Å². The molecule has 1 atom stereocenters. The highest BCUT2D eigenvalue weighted by Crippen LogP contribution is 2.26. The van der Waals surface area contributed by atoms with Crippen molar-refractivity contribution in [1.29, 1.82) is 0 Å². The second kappa shape index (κ2) is 5.65. The van der Waals surface area contributed by atoms with Crippen LogP contribution in [0, 0.1) is 0 Å². The van der Waals surface area contributed by atoms with Gasteiger partial charge in [-0.2, -0.15) is 0 Å². The minimum Gasteiger partial charge on any atom is -0.352 e. The molecule has 0 radical (unpaired) electrons. The van der Waals surface area contributed by atoms with E-state index in [2.05, 4.69) is 21.2 Å². The van der Waals surface area contributed by atoms with Gasteiger partial charge in [-0.25, -0.2) is 0 Å². The Balaban J connectivity index is 2.90. The highest BCUT2D eigenvalue weighted by atomic mass is 79.9. The summed E-state index contributed by atoms with van der Waals surface area (Å²) in [6, 6.07) is 7.79. The van der Waals surface area contributed by atoms with E-state index in [1.54, 1.807) is 0 Å². The molecule has 0 heterocycles. The van der Waals surface area contributed by atoms with Crippen molar-refractivity contribution >= 4 is 21.8 Å². The van der Waals surface area contributed by atoms with Gasteiger partial charge in [-0.15, -0.1) is 0 Å². The number of amides is 1. The second-order valence-corrected chi connectivity index (χ2v) is 5.66. The highest BCUT2D eigenvalue weighted by molar-refractivity contribution is 9.10. The number of carbonyl (C=O) groups excluding carboxylic acids is 1. The molecular formula is C13H19BrN2O. The summed E-state index contributed by atoms with van der Waals surface area (Å²) in [6.45, 7) is 6.16. The fourth-order valence-corrected chi connectivity index (χ4v) is 1.87. The zero-order chi connectivity index (χ0) is 13.1. The number of halogens is 1. The van der Waals surface area contributed by atoms with Crippen LogP contribution >= 0.6 is 15.9 Å². The third kappa shape index (κ3) is 3.54. The highest BCUT2D eigenvalue weighted by Gasteiger charge is 2.30. The SMILES string of the molecule is C[C@@H](CN)NC(=O)C(C)(C)c1cccc(Br)c1. The molecule has 1 rings (SSSR count). The van der Waals surface area contributed by atoms with E-state index in [1.807, 2.05) is 45.0 Å². The molecule has 0 bridgehead atoms. The smallest absolute Gasteiger partial charge is 0.230 e. The van der Waals surface area contributed by atoms with Crippen LogP contribution in [0.25, 0.3) is 0 Å². The summed E-state index contributed by atoms with van der Waals surface area (Å²) in [4.78, 5) is 12.2. The maximum Gasteiger partial charge on any atom is 0.230 e. The van der Waals surface area contributed by atoms with Crippen LogP contribution in [0.15, 0.2) is 28.7 Å². The molecule has 0 spiro atoms. The Hall–Kier alpha value is -0.870. The molecular weight excluding hydrogens is 280 g/mol. The minimum absolute atomic E-state index is 0.00562. The molecule has 1 amide bonds. The van der Waals surface area contributed by atoms with Crippen molar-refractivity contribution in [3.63, 3.8) is 0 Å². The fourth-order valence-electron chi connectivity index (χ4n) is 1.47. The monoisotopic (exact) mass is 298 g/mol. The number of benzene rings is 1. The van der Waals surface area contributed by atoms with E-state index in [0.29, 0.717) is 6.54 Å². The van der Waals surface area contributed by atoms with Crippen LogP contribution in [-0.2, 0) is 10.2 Å². The van der Waals surface area contributed by atoms with E-state index in [1.165, 1.54) is 0 Å². The molecule has 3 N–H and O–H groups in total. The van der Waals surface area contributed by atoms with Gasteiger partial charge < -0.3 is 11.1 Å². The Kier molecular flexibility index (Phi) is 4.71. The molecule has 94 valence electrons.